The number of hydrogen-bond acceptors (Lipinski definition) is 2. The van der Waals surface area contributed by atoms with Crippen molar-refractivity contribution < 1.29 is 0 Å². The molecule has 1 aromatic heterocycles. The van der Waals surface area contributed by atoms with Crippen molar-refractivity contribution in [2.45, 2.75) is 13.0 Å². The first-order valence-corrected chi connectivity index (χ1v) is 5.15. The highest BCUT2D eigenvalue weighted by Crippen LogP contribution is 2.14. The van der Waals surface area contributed by atoms with Crippen LogP contribution < -0.4 is 10.6 Å². The van der Waals surface area contributed by atoms with Crippen LogP contribution in [0.2, 0.25) is 0 Å². The van der Waals surface area contributed by atoms with Crippen molar-refractivity contribution >= 4 is 17.3 Å². The van der Waals surface area contributed by atoms with E-state index in [0.29, 0.717) is 6.04 Å². The molecule has 0 aromatic carbocycles. The van der Waals surface area contributed by atoms with Gasteiger partial charge < -0.3 is 10.6 Å². The van der Waals surface area contributed by atoms with Gasteiger partial charge >= 0.3 is 0 Å². The molecular weight excluding hydrogens is 182 g/mol. The molecule has 0 bridgehead atoms. The molecule has 4 heteroatoms. The van der Waals surface area contributed by atoms with Gasteiger partial charge in [-0.15, -0.1) is 0 Å². The molecule has 0 radical (unpaired) electrons. The molecule has 13 heavy (non-hydrogen) atoms. The predicted molar refractivity (Wildman–Crippen MR) is 58.3 cm³/mol. The minimum atomic E-state index is 0.303. The molecule has 0 saturated heterocycles. The molecular formula is C9H15N3S. The largest absolute Gasteiger partial charge is 0.359 e. The zero-order valence-electron chi connectivity index (χ0n) is 8.16. The van der Waals surface area contributed by atoms with Crippen molar-refractivity contribution in [2.75, 3.05) is 14.1 Å². The van der Waals surface area contributed by atoms with E-state index in [0.717, 1.165) is 5.96 Å². The van der Waals surface area contributed by atoms with Crippen molar-refractivity contribution in [3.05, 3.63) is 22.4 Å². The van der Waals surface area contributed by atoms with Crippen LogP contribution >= 0.6 is 11.3 Å². The molecule has 3 nitrogen and oxygen atoms in total. The van der Waals surface area contributed by atoms with E-state index < -0.39 is 0 Å². The Kier molecular flexibility index (Phi) is 3.76. The molecule has 0 aliphatic rings. The summed E-state index contributed by atoms with van der Waals surface area (Å²) in [5, 5.41) is 10.5. The second-order valence-electron chi connectivity index (χ2n) is 2.74. The fourth-order valence-electron chi connectivity index (χ4n) is 1.06. The maximum absolute atomic E-state index is 4.05. The van der Waals surface area contributed by atoms with Crippen molar-refractivity contribution in [1.29, 1.82) is 0 Å². The van der Waals surface area contributed by atoms with Gasteiger partial charge in [-0.2, -0.15) is 11.3 Å². The minimum absolute atomic E-state index is 0.303. The normalized spacial score (nSPS) is 13.9. The fourth-order valence-corrected chi connectivity index (χ4v) is 1.81. The van der Waals surface area contributed by atoms with Crippen molar-refractivity contribution in [3.63, 3.8) is 0 Å². The Morgan fingerprint density at radius 1 is 1.62 bits per heavy atom. The van der Waals surface area contributed by atoms with Crippen LogP contribution in [0.15, 0.2) is 21.8 Å². The Morgan fingerprint density at radius 2 is 2.38 bits per heavy atom. The average Bonchev–Trinajstić information content (AvgIpc) is 2.66. The Morgan fingerprint density at radius 3 is 2.85 bits per heavy atom. The number of guanidine groups is 1. The van der Waals surface area contributed by atoms with Crippen LogP contribution in [0, 0.1) is 0 Å². The smallest absolute Gasteiger partial charge is 0.191 e. The summed E-state index contributed by atoms with van der Waals surface area (Å²) < 4.78 is 0. The standard InChI is InChI=1S/C9H15N3S/c1-7(8-4-5-13-6-8)12-9(10-2)11-3/h4-7H,1-3H3,(H2,10,11,12). The third-order valence-corrected chi connectivity index (χ3v) is 2.56. The Balaban J connectivity index is 2.55. The van der Waals surface area contributed by atoms with Gasteiger partial charge in [0.05, 0.1) is 6.04 Å². The van der Waals surface area contributed by atoms with Crippen LogP contribution in [-0.2, 0) is 0 Å². The van der Waals surface area contributed by atoms with Crippen LogP contribution in [0.5, 0.6) is 0 Å². The summed E-state index contributed by atoms with van der Waals surface area (Å²) in [6.45, 7) is 2.12. The first-order chi connectivity index (χ1) is 6.27. The topological polar surface area (TPSA) is 36.4 Å². The van der Waals surface area contributed by atoms with Crippen molar-refractivity contribution in [2.24, 2.45) is 4.99 Å². The molecule has 72 valence electrons. The summed E-state index contributed by atoms with van der Waals surface area (Å²) in [4.78, 5) is 4.05. The maximum atomic E-state index is 4.05. The van der Waals surface area contributed by atoms with E-state index in [1.54, 1.807) is 18.4 Å². The van der Waals surface area contributed by atoms with Gasteiger partial charge in [-0.3, -0.25) is 4.99 Å². The molecule has 1 unspecified atom stereocenters. The highest BCUT2D eigenvalue weighted by molar-refractivity contribution is 7.07. The number of nitrogens with zero attached hydrogens (tertiary/aromatic N) is 1. The molecule has 1 heterocycles. The van der Waals surface area contributed by atoms with Crippen molar-refractivity contribution in [3.8, 4) is 0 Å². The van der Waals surface area contributed by atoms with Gasteiger partial charge in [0.15, 0.2) is 5.96 Å². The monoisotopic (exact) mass is 197 g/mol. The summed E-state index contributed by atoms with van der Waals surface area (Å²) >= 11 is 1.71. The van der Waals surface area contributed by atoms with E-state index in [9.17, 15) is 0 Å². The number of hydrogen-bond donors (Lipinski definition) is 2. The lowest BCUT2D eigenvalue weighted by atomic mass is 10.2. The molecule has 1 atom stereocenters. The van der Waals surface area contributed by atoms with Crippen LogP contribution in [0.3, 0.4) is 0 Å². The second-order valence-corrected chi connectivity index (χ2v) is 3.52. The molecule has 0 fully saturated rings. The van der Waals surface area contributed by atoms with Crippen LogP contribution in [0.1, 0.15) is 18.5 Å². The Bertz CT molecular complexity index is 266. The highest BCUT2D eigenvalue weighted by Gasteiger charge is 2.05. The second kappa shape index (κ2) is 4.87. The van der Waals surface area contributed by atoms with Gasteiger partial charge in [0, 0.05) is 14.1 Å². The van der Waals surface area contributed by atoms with E-state index in [-0.39, 0.29) is 0 Å². The molecule has 0 spiro atoms. The first-order valence-electron chi connectivity index (χ1n) is 4.21. The zero-order chi connectivity index (χ0) is 9.68. The minimum Gasteiger partial charge on any atom is -0.359 e. The summed E-state index contributed by atoms with van der Waals surface area (Å²) in [6.07, 6.45) is 0. The van der Waals surface area contributed by atoms with Crippen LogP contribution in [0.25, 0.3) is 0 Å². The summed E-state index contributed by atoms with van der Waals surface area (Å²) in [5.41, 5.74) is 1.29. The van der Waals surface area contributed by atoms with Gasteiger partial charge in [0.2, 0.25) is 0 Å². The summed E-state index contributed by atoms with van der Waals surface area (Å²) in [6, 6.07) is 2.42. The number of aliphatic imine (C=N–C) groups is 1. The molecule has 2 N–H and O–H groups in total. The van der Waals surface area contributed by atoms with E-state index >= 15 is 0 Å². The predicted octanol–water partition coefficient (Wildman–Crippen LogP) is 1.60. The zero-order valence-corrected chi connectivity index (χ0v) is 8.98. The number of thiophene rings is 1. The molecule has 1 aromatic rings. The maximum Gasteiger partial charge on any atom is 0.191 e. The van der Waals surface area contributed by atoms with Gasteiger partial charge in [0.1, 0.15) is 0 Å². The lowest BCUT2D eigenvalue weighted by molar-refractivity contribution is 0.701. The Labute approximate surface area is 82.9 Å². The molecule has 0 aliphatic heterocycles. The van der Waals surface area contributed by atoms with Gasteiger partial charge in [0.25, 0.3) is 0 Å². The number of rotatable bonds is 2. The average molecular weight is 197 g/mol. The van der Waals surface area contributed by atoms with E-state index in [4.69, 9.17) is 0 Å². The highest BCUT2D eigenvalue weighted by atomic mass is 32.1. The van der Waals surface area contributed by atoms with Crippen LogP contribution in [0.4, 0.5) is 0 Å². The summed E-state index contributed by atoms with van der Waals surface area (Å²) in [7, 11) is 3.62. The number of nitrogens with one attached hydrogen (secondary N) is 2. The molecule has 1 rings (SSSR count). The lowest BCUT2D eigenvalue weighted by Gasteiger charge is -2.14. The lowest BCUT2D eigenvalue weighted by Crippen LogP contribution is -2.36. The SMILES string of the molecule is CN=C(NC)NC(C)c1ccsc1. The third-order valence-electron chi connectivity index (χ3n) is 1.86. The van der Waals surface area contributed by atoms with Crippen LogP contribution in [-0.4, -0.2) is 20.1 Å². The van der Waals surface area contributed by atoms with E-state index in [2.05, 4.69) is 39.4 Å². The van der Waals surface area contributed by atoms with Gasteiger partial charge in [-0.25, -0.2) is 0 Å². The van der Waals surface area contributed by atoms with Crippen molar-refractivity contribution in [1.82, 2.24) is 10.6 Å². The Hall–Kier alpha value is -1.03. The fraction of sp³-hybridized carbons (Fsp3) is 0.444. The molecule has 0 saturated carbocycles. The van der Waals surface area contributed by atoms with Gasteiger partial charge in [-0.05, 0) is 29.3 Å². The quantitative estimate of drug-likeness (QED) is 0.558. The first kappa shape index (κ1) is 10.1. The molecule has 0 aliphatic carbocycles. The third kappa shape index (κ3) is 2.73. The summed E-state index contributed by atoms with van der Waals surface area (Å²) in [5.74, 6) is 0.818. The van der Waals surface area contributed by atoms with E-state index in [1.807, 2.05) is 7.05 Å². The molecule has 0 amide bonds. The van der Waals surface area contributed by atoms with E-state index in [1.165, 1.54) is 5.56 Å². The van der Waals surface area contributed by atoms with Gasteiger partial charge in [-0.1, -0.05) is 0 Å².